The van der Waals surface area contributed by atoms with Crippen LogP contribution >= 0.6 is 0 Å². The molecule has 0 aromatic carbocycles. The summed E-state index contributed by atoms with van der Waals surface area (Å²) < 4.78 is 47.7. The van der Waals surface area contributed by atoms with E-state index < -0.39 is 35.1 Å². The molecule has 14 nitrogen and oxygen atoms in total. The largest absolute Gasteiger partial charge is 0.433 e. The van der Waals surface area contributed by atoms with E-state index in [9.17, 15) is 27.6 Å². The van der Waals surface area contributed by atoms with Gasteiger partial charge in [-0.1, -0.05) is 5.16 Å². The number of hydrogen-bond acceptors (Lipinski definition) is 10. The first kappa shape index (κ1) is 27.5. The summed E-state index contributed by atoms with van der Waals surface area (Å²) in [6.07, 6.45) is -0.748. The highest BCUT2D eigenvalue weighted by Crippen LogP contribution is 2.31. The maximum Gasteiger partial charge on any atom is 0.433 e. The molecule has 4 aromatic rings. The standard InChI is InChI=1S/C24H23F3N10O4/c1-11-5-14(6-29-19(11)24(25,26)27)15-7-28-12(2)20(32-15)33-16(38)8-36-10-30-21-18(36)22(39)37(23(40)35(21)4)9-17-31-13(3)34-41-17/h5-7,10,12,28H,8-9H2,1-4H3,(H,32,33,38). The van der Waals surface area contributed by atoms with Crippen LogP contribution in [0.5, 0.6) is 0 Å². The Morgan fingerprint density at radius 1 is 1.22 bits per heavy atom. The zero-order valence-electron chi connectivity index (χ0n) is 22.1. The number of pyridine rings is 1. The third kappa shape index (κ3) is 5.24. The van der Waals surface area contributed by atoms with Crippen molar-refractivity contribution in [2.75, 3.05) is 0 Å². The fourth-order valence-corrected chi connectivity index (χ4v) is 4.30. The van der Waals surface area contributed by atoms with Gasteiger partial charge in [0.15, 0.2) is 17.0 Å². The Labute approximate surface area is 228 Å². The van der Waals surface area contributed by atoms with Crippen LogP contribution in [0.1, 0.15) is 35.5 Å². The van der Waals surface area contributed by atoms with Gasteiger partial charge < -0.3 is 19.7 Å². The van der Waals surface area contributed by atoms with Crippen molar-refractivity contribution in [3.63, 3.8) is 0 Å². The highest BCUT2D eigenvalue weighted by molar-refractivity contribution is 6.04. The van der Waals surface area contributed by atoms with E-state index in [1.807, 2.05) is 0 Å². The molecule has 214 valence electrons. The predicted molar refractivity (Wildman–Crippen MR) is 137 cm³/mol. The predicted octanol–water partition coefficient (Wildman–Crippen LogP) is 0.864. The van der Waals surface area contributed by atoms with Crippen molar-refractivity contribution in [1.82, 2.24) is 44.4 Å². The van der Waals surface area contributed by atoms with Crippen LogP contribution in [0.25, 0.3) is 16.9 Å². The number of aryl methyl sites for hydroxylation is 3. The van der Waals surface area contributed by atoms with Crippen molar-refractivity contribution in [1.29, 1.82) is 0 Å². The molecule has 0 saturated carbocycles. The van der Waals surface area contributed by atoms with Gasteiger partial charge in [0, 0.05) is 25.0 Å². The van der Waals surface area contributed by atoms with Gasteiger partial charge in [0.05, 0.1) is 18.1 Å². The maximum absolute atomic E-state index is 13.3. The first-order valence-electron chi connectivity index (χ1n) is 12.2. The molecule has 0 fully saturated rings. The van der Waals surface area contributed by atoms with Crippen LogP contribution in [0.3, 0.4) is 0 Å². The second-order valence-electron chi connectivity index (χ2n) is 9.36. The van der Waals surface area contributed by atoms with Crippen molar-refractivity contribution in [2.45, 2.75) is 46.1 Å². The van der Waals surface area contributed by atoms with E-state index in [0.29, 0.717) is 11.4 Å². The molecule has 0 bridgehead atoms. The number of amides is 1. The third-order valence-electron chi connectivity index (χ3n) is 6.31. The van der Waals surface area contributed by atoms with Crippen molar-refractivity contribution in [3.8, 4) is 0 Å². The molecule has 0 radical (unpaired) electrons. The van der Waals surface area contributed by atoms with E-state index in [1.54, 1.807) is 13.8 Å². The number of halogens is 3. The molecule has 5 heterocycles. The number of aromatic nitrogens is 7. The van der Waals surface area contributed by atoms with Gasteiger partial charge in [0.1, 0.15) is 24.6 Å². The molecule has 4 aromatic heterocycles. The normalized spacial score (nSPS) is 15.4. The van der Waals surface area contributed by atoms with Crippen LogP contribution in [0.4, 0.5) is 13.2 Å². The van der Waals surface area contributed by atoms with Gasteiger partial charge in [-0.2, -0.15) is 18.2 Å². The first-order chi connectivity index (χ1) is 19.3. The smallest absolute Gasteiger partial charge is 0.380 e. The minimum atomic E-state index is -4.59. The minimum Gasteiger partial charge on any atom is -0.380 e. The van der Waals surface area contributed by atoms with Crippen LogP contribution in [0, 0.1) is 13.8 Å². The average Bonchev–Trinajstić information content (AvgIpc) is 3.51. The monoisotopic (exact) mass is 572 g/mol. The van der Waals surface area contributed by atoms with Gasteiger partial charge in [-0.3, -0.25) is 19.1 Å². The number of hydrogen-bond donors (Lipinski definition) is 2. The molecular formula is C24H23F3N10O4. The van der Waals surface area contributed by atoms with Gasteiger partial charge in [0.2, 0.25) is 11.8 Å². The van der Waals surface area contributed by atoms with Gasteiger partial charge in [0.25, 0.3) is 5.56 Å². The molecule has 1 aliphatic rings. The van der Waals surface area contributed by atoms with Crippen LogP contribution in [-0.2, 0) is 31.1 Å². The Balaban J connectivity index is 1.40. The Morgan fingerprint density at radius 2 is 1.98 bits per heavy atom. The Hall–Kier alpha value is -5.09. The number of rotatable bonds is 5. The summed E-state index contributed by atoms with van der Waals surface area (Å²) in [4.78, 5) is 55.2. The summed E-state index contributed by atoms with van der Waals surface area (Å²) in [5.41, 5.74) is -1.76. The lowest BCUT2D eigenvalue weighted by Gasteiger charge is -2.22. The van der Waals surface area contributed by atoms with E-state index in [4.69, 9.17) is 4.52 Å². The molecule has 1 aliphatic heterocycles. The average molecular weight is 573 g/mol. The summed E-state index contributed by atoms with van der Waals surface area (Å²) in [7, 11) is 1.44. The number of alkyl halides is 3. The van der Waals surface area contributed by atoms with Crippen molar-refractivity contribution < 1.29 is 22.5 Å². The zero-order chi connectivity index (χ0) is 29.6. The van der Waals surface area contributed by atoms with Crippen LogP contribution < -0.4 is 21.9 Å². The Kier molecular flexibility index (Phi) is 6.80. The van der Waals surface area contributed by atoms with Crippen LogP contribution in [-0.4, -0.2) is 51.6 Å². The van der Waals surface area contributed by atoms with Crippen LogP contribution in [0.2, 0.25) is 0 Å². The van der Waals surface area contributed by atoms with Gasteiger partial charge in [-0.25, -0.2) is 19.3 Å². The zero-order valence-corrected chi connectivity index (χ0v) is 22.1. The van der Waals surface area contributed by atoms with Gasteiger partial charge >= 0.3 is 11.9 Å². The highest BCUT2D eigenvalue weighted by atomic mass is 19.4. The van der Waals surface area contributed by atoms with E-state index in [2.05, 4.69) is 35.7 Å². The first-order valence-corrected chi connectivity index (χ1v) is 12.2. The SMILES string of the molecule is Cc1noc(Cn2c(=O)c3c(ncn3CC(=O)NC3=NC(c4cnc(C(F)(F)F)c(C)c4)=CNC3C)n(C)c2=O)n1. The maximum atomic E-state index is 13.3. The summed E-state index contributed by atoms with van der Waals surface area (Å²) in [5.74, 6) is 0.0340. The number of aliphatic imine (C=N–C) groups is 1. The molecule has 0 saturated heterocycles. The molecule has 1 amide bonds. The molecule has 0 aliphatic carbocycles. The number of carbonyl (C=O) groups is 1. The number of fused-ring (bicyclic) bond motifs is 1. The molecule has 2 N–H and O–H groups in total. The lowest BCUT2D eigenvalue weighted by molar-refractivity contribution is -0.141. The van der Waals surface area contributed by atoms with E-state index in [-0.39, 0.29) is 47.2 Å². The summed E-state index contributed by atoms with van der Waals surface area (Å²) in [5, 5.41) is 9.34. The van der Waals surface area contributed by atoms with E-state index in [1.165, 1.54) is 41.7 Å². The second-order valence-corrected chi connectivity index (χ2v) is 9.36. The summed E-state index contributed by atoms with van der Waals surface area (Å²) in [6.45, 7) is 4.00. The Morgan fingerprint density at radius 3 is 2.63 bits per heavy atom. The molecule has 41 heavy (non-hydrogen) atoms. The Bertz CT molecular complexity index is 1860. The third-order valence-corrected chi connectivity index (χ3v) is 6.31. The van der Waals surface area contributed by atoms with Crippen molar-refractivity contribution >= 4 is 28.6 Å². The summed E-state index contributed by atoms with van der Waals surface area (Å²) >= 11 is 0. The summed E-state index contributed by atoms with van der Waals surface area (Å²) in [6, 6.07) is 0.867. The molecule has 1 atom stereocenters. The van der Waals surface area contributed by atoms with Crippen LogP contribution in [0.15, 0.2) is 43.9 Å². The van der Waals surface area contributed by atoms with Gasteiger partial charge in [-0.05, 0) is 32.4 Å². The lowest BCUT2D eigenvalue weighted by Crippen LogP contribution is -2.46. The quantitative estimate of drug-likeness (QED) is 0.353. The molecule has 17 heteroatoms. The number of nitrogens with zero attached hydrogens (tertiary/aromatic N) is 8. The number of imidazole rings is 1. The fourth-order valence-electron chi connectivity index (χ4n) is 4.30. The minimum absolute atomic E-state index is 0.00197. The highest BCUT2D eigenvalue weighted by Gasteiger charge is 2.34. The molecule has 0 spiro atoms. The van der Waals surface area contributed by atoms with Crippen molar-refractivity contribution in [2.24, 2.45) is 12.0 Å². The van der Waals surface area contributed by atoms with E-state index >= 15 is 0 Å². The molecular weight excluding hydrogens is 549 g/mol. The number of amidine groups is 1. The van der Waals surface area contributed by atoms with E-state index in [0.717, 1.165) is 10.8 Å². The van der Waals surface area contributed by atoms with Gasteiger partial charge in [-0.15, -0.1) is 0 Å². The molecule has 5 rings (SSSR count). The molecule has 1 unspecified atom stereocenters. The number of carbonyl (C=O) groups excluding carboxylic acids is 1. The lowest BCUT2D eigenvalue weighted by atomic mass is 10.1. The fraction of sp³-hybridized carbons (Fsp3) is 0.333. The topological polar surface area (TPSA) is 167 Å². The number of nitrogens with one attached hydrogen (secondary N) is 2. The second kappa shape index (κ2) is 10.1. The van der Waals surface area contributed by atoms with Crippen molar-refractivity contribution in [3.05, 3.63) is 74.2 Å².